The van der Waals surface area contributed by atoms with Gasteiger partial charge in [0.1, 0.15) is 0 Å². The number of carbonyl (C=O) groups excluding carboxylic acids is 1. The van der Waals surface area contributed by atoms with Crippen molar-refractivity contribution in [2.45, 2.75) is 12.1 Å². The van der Waals surface area contributed by atoms with Gasteiger partial charge in [0.2, 0.25) is 0 Å². The second-order valence-corrected chi connectivity index (χ2v) is 8.31. The summed E-state index contributed by atoms with van der Waals surface area (Å²) in [5.74, 6) is -0.165. The Kier molecular flexibility index (Phi) is 6.93. The number of hydrazone groups is 1. The van der Waals surface area contributed by atoms with E-state index in [1.807, 2.05) is 37.3 Å². The number of phenols is 1. The topological polar surface area (TPSA) is 106 Å². The molecule has 0 aliphatic carbocycles. The van der Waals surface area contributed by atoms with Crippen LogP contribution in [0.5, 0.6) is 11.5 Å². The minimum Gasteiger partial charge on any atom is -0.504 e. The van der Waals surface area contributed by atoms with Gasteiger partial charge >= 0.3 is 0 Å². The lowest BCUT2D eigenvalue weighted by Gasteiger charge is -2.13. The number of nitrogens with zero attached hydrogens (tertiary/aromatic N) is 3. The van der Waals surface area contributed by atoms with Crippen LogP contribution in [-0.4, -0.2) is 39.6 Å². The van der Waals surface area contributed by atoms with Crippen LogP contribution in [0.3, 0.4) is 0 Å². The maximum absolute atomic E-state index is 13.2. The van der Waals surface area contributed by atoms with E-state index in [1.54, 1.807) is 36.4 Å². The lowest BCUT2D eigenvalue weighted by Crippen LogP contribution is -2.24. The van der Waals surface area contributed by atoms with Gasteiger partial charge < -0.3 is 9.84 Å². The number of methoxy groups -OCH3 is 1. The molecule has 1 amide bonds. The molecule has 0 aliphatic rings. The van der Waals surface area contributed by atoms with Crippen LogP contribution in [-0.2, 0) is 4.79 Å². The van der Waals surface area contributed by atoms with E-state index in [0.29, 0.717) is 33.1 Å². The fourth-order valence-electron chi connectivity index (χ4n) is 3.28. The number of amides is 1. The smallest absolute Gasteiger partial charge is 0.266 e. The minimum absolute atomic E-state index is 0.0158. The Morgan fingerprint density at radius 1 is 1.15 bits per heavy atom. The van der Waals surface area contributed by atoms with E-state index >= 15 is 0 Å². The molecule has 0 radical (unpaired) electrons. The number of rotatable bonds is 7. The Balaban J connectivity index is 1.55. The molecular formula is C25H22N4O4S. The van der Waals surface area contributed by atoms with Crippen LogP contribution in [0.2, 0.25) is 0 Å². The fraction of sp³-hybridized carbons (Fsp3) is 0.120. The number of aromatic hydroxyl groups is 1. The fourth-order valence-corrected chi connectivity index (χ4v) is 4.08. The van der Waals surface area contributed by atoms with E-state index in [-0.39, 0.29) is 23.0 Å². The second-order valence-electron chi connectivity index (χ2n) is 7.37. The molecule has 4 aromatic rings. The zero-order chi connectivity index (χ0) is 24.1. The highest BCUT2D eigenvalue weighted by molar-refractivity contribution is 7.99. The van der Waals surface area contributed by atoms with Gasteiger partial charge in [0.25, 0.3) is 11.5 Å². The molecule has 0 saturated heterocycles. The number of fused-ring (bicyclic) bond motifs is 1. The number of ether oxygens (including phenoxy) is 1. The molecular weight excluding hydrogens is 452 g/mol. The van der Waals surface area contributed by atoms with E-state index in [4.69, 9.17) is 4.74 Å². The highest BCUT2D eigenvalue weighted by atomic mass is 32.2. The van der Waals surface area contributed by atoms with Crippen molar-refractivity contribution in [2.75, 3.05) is 12.9 Å². The molecule has 2 N–H and O–H groups in total. The summed E-state index contributed by atoms with van der Waals surface area (Å²) < 4.78 is 6.57. The first kappa shape index (κ1) is 23.1. The van der Waals surface area contributed by atoms with Crippen LogP contribution >= 0.6 is 11.8 Å². The molecule has 0 bridgehead atoms. The Bertz CT molecular complexity index is 1430. The lowest BCUT2D eigenvalue weighted by atomic mass is 10.2. The standard InChI is InChI=1S/C25H22N4O4S/c1-16-10-12-18(13-11-16)29-24(32)19-7-3-4-8-20(19)27-25(29)34-15-22(30)28-26-14-17-6-5-9-21(33-2)23(17)31/h3-14,31H,15H2,1-2H3,(H,28,30). The third-order valence-corrected chi connectivity index (χ3v) is 5.95. The average Bonchev–Trinajstić information content (AvgIpc) is 2.85. The van der Waals surface area contributed by atoms with E-state index in [1.165, 1.54) is 17.9 Å². The van der Waals surface area contributed by atoms with Crippen molar-refractivity contribution in [3.05, 3.63) is 88.2 Å². The maximum Gasteiger partial charge on any atom is 0.266 e. The largest absolute Gasteiger partial charge is 0.504 e. The summed E-state index contributed by atoms with van der Waals surface area (Å²) in [6.45, 7) is 1.97. The molecule has 1 heterocycles. The molecule has 0 unspecified atom stereocenters. The van der Waals surface area contributed by atoms with Crippen molar-refractivity contribution >= 4 is 34.8 Å². The van der Waals surface area contributed by atoms with Gasteiger partial charge in [-0.15, -0.1) is 0 Å². The van der Waals surface area contributed by atoms with Gasteiger partial charge in [-0.3, -0.25) is 14.2 Å². The molecule has 4 rings (SSSR count). The van der Waals surface area contributed by atoms with E-state index in [0.717, 1.165) is 17.3 Å². The van der Waals surface area contributed by atoms with E-state index in [9.17, 15) is 14.7 Å². The van der Waals surface area contributed by atoms with Crippen molar-refractivity contribution in [1.82, 2.24) is 15.0 Å². The molecule has 172 valence electrons. The molecule has 1 aromatic heterocycles. The number of aromatic nitrogens is 2. The molecule has 9 heteroatoms. The van der Waals surface area contributed by atoms with Gasteiger partial charge in [0.15, 0.2) is 16.7 Å². The number of nitrogens with one attached hydrogen (secondary N) is 1. The number of carbonyl (C=O) groups is 1. The van der Waals surface area contributed by atoms with Crippen molar-refractivity contribution < 1.29 is 14.6 Å². The Hall–Kier alpha value is -4.11. The summed E-state index contributed by atoms with van der Waals surface area (Å²) >= 11 is 1.14. The highest BCUT2D eigenvalue weighted by Gasteiger charge is 2.15. The summed E-state index contributed by atoms with van der Waals surface area (Å²) in [5, 5.41) is 14.9. The molecule has 8 nitrogen and oxygen atoms in total. The summed E-state index contributed by atoms with van der Waals surface area (Å²) in [5.41, 5.74) is 4.92. The van der Waals surface area contributed by atoms with Crippen LogP contribution in [0.4, 0.5) is 0 Å². The first-order valence-corrected chi connectivity index (χ1v) is 11.4. The SMILES string of the molecule is COc1cccc(C=NNC(=O)CSc2nc3ccccc3c(=O)n2-c2ccc(C)cc2)c1O. The molecule has 0 fully saturated rings. The number of para-hydroxylation sites is 2. The summed E-state index contributed by atoms with van der Waals surface area (Å²) in [6, 6.07) is 19.6. The number of aryl methyl sites for hydroxylation is 1. The van der Waals surface area contributed by atoms with Crippen LogP contribution < -0.4 is 15.7 Å². The zero-order valence-corrected chi connectivity index (χ0v) is 19.4. The maximum atomic E-state index is 13.2. The van der Waals surface area contributed by atoms with E-state index < -0.39 is 0 Å². The Morgan fingerprint density at radius 2 is 1.91 bits per heavy atom. The number of hydrogen-bond acceptors (Lipinski definition) is 7. The molecule has 0 aliphatic heterocycles. The van der Waals surface area contributed by atoms with Crippen molar-refractivity contribution in [1.29, 1.82) is 0 Å². The van der Waals surface area contributed by atoms with Crippen LogP contribution in [0.15, 0.2) is 81.8 Å². The Labute approximate surface area is 199 Å². The third kappa shape index (κ3) is 4.94. The van der Waals surface area contributed by atoms with Crippen LogP contribution in [0.1, 0.15) is 11.1 Å². The summed E-state index contributed by atoms with van der Waals surface area (Å²) in [6.07, 6.45) is 1.33. The molecule has 0 saturated carbocycles. The van der Waals surface area contributed by atoms with E-state index in [2.05, 4.69) is 15.5 Å². The number of benzene rings is 3. The van der Waals surface area contributed by atoms with Gasteiger partial charge in [-0.25, -0.2) is 10.4 Å². The predicted octanol–water partition coefficient (Wildman–Crippen LogP) is 3.65. The van der Waals surface area contributed by atoms with Crippen molar-refractivity contribution in [3.8, 4) is 17.2 Å². The van der Waals surface area contributed by atoms with Gasteiger partial charge in [-0.2, -0.15) is 5.10 Å². The second kappa shape index (κ2) is 10.2. The number of thioether (sulfide) groups is 1. The average molecular weight is 475 g/mol. The molecule has 0 spiro atoms. The molecule has 34 heavy (non-hydrogen) atoms. The van der Waals surface area contributed by atoms with Crippen LogP contribution in [0.25, 0.3) is 16.6 Å². The normalized spacial score (nSPS) is 11.1. The van der Waals surface area contributed by atoms with Gasteiger partial charge in [-0.05, 0) is 43.3 Å². The van der Waals surface area contributed by atoms with Gasteiger partial charge in [0, 0.05) is 5.56 Å². The van der Waals surface area contributed by atoms with Crippen LogP contribution in [0, 0.1) is 6.92 Å². The monoisotopic (exact) mass is 474 g/mol. The molecule has 3 aromatic carbocycles. The third-order valence-electron chi connectivity index (χ3n) is 5.01. The number of phenolic OH excluding ortho intramolecular Hbond substituents is 1. The Morgan fingerprint density at radius 3 is 2.68 bits per heavy atom. The quantitative estimate of drug-likeness (QED) is 0.183. The van der Waals surface area contributed by atoms with Crippen molar-refractivity contribution in [2.24, 2.45) is 5.10 Å². The lowest BCUT2D eigenvalue weighted by molar-refractivity contribution is -0.118. The first-order chi connectivity index (χ1) is 16.5. The van der Waals surface area contributed by atoms with Gasteiger partial charge in [-0.1, -0.05) is 47.7 Å². The first-order valence-electron chi connectivity index (χ1n) is 10.4. The number of hydrogen-bond donors (Lipinski definition) is 2. The van der Waals surface area contributed by atoms with Crippen molar-refractivity contribution in [3.63, 3.8) is 0 Å². The summed E-state index contributed by atoms with van der Waals surface area (Å²) in [7, 11) is 1.45. The highest BCUT2D eigenvalue weighted by Crippen LogP contribution is 2.28. The minimum atomic E-state index is -0.388. The zero-order valence-electron chi connectivity index (χ0n) is 18.6. The molecule has 0 atom stereocenters. The summed E-state index contributed by atoms with van der Waals surface area (Å²) in [4.78, 5) is 30.3. The predicted molar refractivity (Wildman–Crippen MR) is 133 cm³/mol. The van der Waals surface area contributed by atoms with Gasteiger partial charge in [0.05, 0.1) is 35.7 Å².